The van der Waals surface area contributed by atoms with Gasteiger partial charge in [-0.25, -0.2) is 4.68 Å². The highest BCUT2D eigenvalue weighted by Crippen LogP contribution is 2.26. The van der Waals surface area contributed by atoms with Crippen molar-refractivity contribution in [1.82, 2.24) is 15.1 Å². The van der Waals surface area contributed by atoms with Gasteiger partial charge >= 0.3 is 6.18 Å². The predicted molar refractivity (Wildman–Crippen MR) is 120 cm³/mol. The van der Waals surface area contributed by atoms with Crippen LogP contribution in [0.15, 0.2) is 48.7 Å². The SMILES string of the molecule is Cc1ccc(C(=O)NCC(F)(F)F)cc1NC(=O)c1cnn(-c2ccc(Cl)cc2)c1C(C)C. The van der Waals surface area contributed by atoms with Gasteiger partial charge in [0.25, 0.3) is 11.8 Å². The van der Waals surface area contributed by atoms with Crippen molar-refractivity contribution in [3.8, 4) is 5.69 Å². The van der Waals surface area contributed by atoms with Crippen LogP contribution in [-0.2, 0) is 0 Å². The summed E-state index contributed by atoms with van der Waals surface area (Å²) >= 11 is 5.96. The molecule has 2 N–H and O–H groups in total. The van der Waals surface area contributed by atoms with Crippen molar-refractivity contribution in [1.29, 1.82) is 0 Å². The lowest BCUT2D eigenvalue weighted by Gasteiger charge is -2.14. The average molecular weight is 479 g/mol. The summed E-state index contributed by atoms with van der Waals surface area (Å²) < 4.78 is 38.8. The van der Waals surface area contributed by atoms with Crippen LogP contribution in [0.1, 0.15) is 51.7 Å². The minimum atomic E-state index is -4.52. The molecule has 0 radical (unpaired) electrons. The Morgan fingerprint density at radius 3 is 2.36 bits per heavy atom. The first-order valence-electron chi connectivity index (χ1n) is 10.1. The second kappa shape index (κ2) is 9.66. The zero-order valence-corrected chi connectivity index (χ0v) is 18.9. The number of carbonyl (C=O) groups excluding carboxylic acids is 2. The van der Waals surface area contributed by atoms with Crippen LogP contribution >= 0.6 is 11.6 Å². The van der Waals surface area contributed by atoms with Crippen LogP contribution in [0, 0.1) is 6.92 Å². The Hall–Kier alpha value is -3.33. The summed E-state index contributed by atoms with van der Waals surface area (Å²) in [7, 11) is 0. The van der Waals surface area contributed by atoms with E-state index >= 15 is 0 Å². The van der Waals surface area contributed by atoms with E-state index < -0.39 is 24.5 Å². The van der Waals surface area contributed by atoms with Crippen LogP contribution in [0.3, 0.4) is 0 Å². The van der Waals surface area contributed by atoms with E-state index in [1.807, 2.05) is 19.2 Å². The number of carbonyl (C=O) groups is 2. The number of benzene rings is 2. The van der Waals surface area contributed by atoms with Gasteiger partial charge in [0.2, 0.25) is 0 Å². The first-order chi connectivity index (χ1) is 15.5. The first kappa shape index (κ1) is 24.3. The van der Waals surface area contributed by atoms with Crippen molar-refractivity contribution in [3.63, 3.8) is 0 Å². The maximum absolute atomic E-state index is 13.1. The van der Waals surface area contributed by atoms with Crippen LogP contribution in [0.4, 0.5) is 18.9 Å². The van der Waals surface area contributed by atoms with Crippen molar-refractivity contribution in [2.45, 2.75) is 32.9 Å². The normalized spacial score (nSPS) is 11.5. The molecule has 2 aromatic carbocycles. The van der Waals surface area contributed by atoms with Gasteiger partial charge in [-0.15, -0.1) is 0 Å². The number of aromatic nitrogens is 2. The van der Waals surface area contributed by atoms with Gasteiger partial charge < -0.3 is 10.6 Å². The summed E-state index contributed by atoms with van der Waals surface area (Å²) in [5.41, 5.74) is 2.71. The predicted octanol–water partition coefficient (Wildman–Crippen LogP) is 5.50. The fourth-order valence-corrected chi connectivity index (χ4v) is 3.37. The molecule has 0 atom stereocenters. The van der Waals surface area contributed by atoms with Gasteiger partial charge in [0.05, 0.1) is 23.1 Å². The van der Waals surface area contributed by atoms with Gasteiger partial charge in [-0.2, -0.15) is 18.3 Å². The molecule has 0 saturated carbocycles. The van der Waals surface area contributed by atoms with E-state index in [1.54, 1.807) is 41.9 Å². The number of aryl methyl sites for hydroxylation is 1. The number of rotatable bonds is 6. The summed E-state index contributed by atoms with van der Waals surface area (Å²) in [4.78, 5) is 25.2. The third-order valence-corrected chi connectivity index (χ3v) is 5.12. The highest BCUT2D eigenvalue weighted by Gasteiger charge is 2.28. The van der Waals surface area contributed by atoms with E-state index in [1.165, 1.54) is 18.3 Å². The fourth-order valence-electron chi connectivity index (χ4n) is 3.25. The number of hydrogen-bond acceptors (Lipinski definition) is 3. The molecule has 0 bridgehead atoms. The summed E-state index contributed by atoms with van der Waals surface area (Å²) in [6.45, 7) is 4.13. The van der Waals surface area contributed by atoms with Crippen molar-refractivity contribution in [2.75, 3.05) is 11.9 Å². The molecule has 0 saturated heterocycles. The summed E-state index contributed by atoms with van der Waals surface area (Å²) in [5, 5.41) is 9.50. The van der Waals surface area contributed by atoms with Crippen molar-refractivity contribution in [3.05, 3.63) is 76.1 Å². The molecule has 2 amide bonds. The number of anilines is 1. The molecule has 0 aliphatic heterocycles. The van der Waals surface area contributed by atoms with Gasteiger partial charge in [-0.1, -0.05) is 31.5 Å². The summed E-state index contributed by atoms with van der Waals surface area (Å²) in [6, 6.07) is 11.3. The number of nitrogens with one attached hydrogen (secondary N) is 2. The number of alkyl halides is 3. The Bertz CT molecular complexity index is 1170. The molecule has 0 unspecified atom stereocenters. The van der Waals surface area contributed by atoms with E-state index in [4.69, 9.17) is 11.6 Å². The van der Waals surface area contributed by atoms with Crippen molar-refractivity contribution >= 4 is 29.1 Å². The number of amides is 2. The number of halogens is 4. The lowest BCUT2D eigenvalue weighted by Crippen LogP contribution is -2.33. The molecule has 3 aromatic rings. The topological polar surface area (TPSA) is 76.0 Å². The van der Waals surface area contributed by atoms with E-state index in [0.717, 1.165) is 5.69 Å². The van der Waals surface area contributed by atoms with Crippen LogP contribution < -0.4 is 10.6 Å². The van der Waals surface area contributed by atoms with Gasteiger partial charge in [-0.3, -0.25) is 9.59 Å². The third-order valence-electron chi connectivity index (χ3n) is 4.87. The Balaban J connectivity index is 1.87. The zero-order chi connectivity index (χ0) is 24.3. The Morgan fingerprint density at radius 1 is 1.09 bits per heavy atom. The van der Waals surface area contributed by atoms with Gasteiger partial charge in [0, 0.05) is 16.3 Å². The minimum absolute atomic E-state index is 0.00101. The average Bonchev–Trinajstić information content (AvgIpc) is 3.19. The van der Waals surface area contributed by atoms with E-state index in [-0.39, 0.29) is 11.5 Å². The number of nitrogens with zero attached hydrogens (tertiary/aromatic N) is 2. The molecule has 174 valence electrons. The Kier molecular flexibility index (Phi) is 7.12. The molecule has 10 heteroatoms. The minimum Gasteiger partial charge on any atom is -0.343 e. The smallest absolute Gasteiger partial charge is 0.343 e. The van der Waals surface area contributed by atoms with Crippen LogP contribution in [0.5, 0.6) is 0 Å². The van der Waals surface area contributed by atoms with Gasteiger partial charge in [0.15, 0.2) is 0 Å². The molecular weight excluding hydrogens is 457 g/mol. The van der Waals surface area contributed by atoms with Crippen LogP contribution in [0.2, 0.25) is 5.02 Å². The summed E-state index contributed by atoms with van der Waals surface area (Å²) in [6.07, 6.45) is -3.07. The molecule has 1 heterocycles. The molecule has 33 heavy (non-hydrogen) atoms. The lowest BCUT2D eigenvalue weighted by atomic mass is 10.0. The van der Waals surface area contributed by atoms with Crippen molar-refractivity contribution < 1.29 is 22.8 Å². The maximum atomic E-state index is 13.1. The number of hydrogen-bond donors (Lipinski definition) is 2. The molecule has 0 fully saturated rings. The second-order valence-corrected chi connectivity index (χ2v) is 8.20. The fraction of sp³-hybridized carbons (Fsp3) is 0.261. The standard InChI is InChI=1S/C23H22ClF3N4O2/c1-13(2)20-18(11-29-31(20)17-8-6-16(24)7-9-17)22(33)30-19-10-15(5-4-14(19)3)21(32)28-12-23(25,26)27/h4-11,13H,12H2,1-3H3,(H,28,32)(H,30,33). The first-order valence-corrected chi connectivity index (χ1v) is 10.4. The Labute approximate surface area is 193 Å². The zero-order valence-electron chi connectivity index (χ0n) is 18.1. The maximum Gasteiger partial charge on any atom is 0.405 e. The molecule has 0 aliphatic carbocycles. The quantitative estimate of drug-likeness (QED) is 0.491. The van der Waals surface area contributed by atoms with Gasteiger partial charge in [-0.05, 0) is 54.8 Å². The molecule has 1 aromatic heterocycles. The second-order valence-electron chi connectivity index (χ2n) is 7.77. The largest absolute Gasteiger partial charge is 0.405 e. The van der Waals surface area contributed by atoms with Gasteiger partial charge in [0.1, 0.15) is 6.54 Å². The third kappa shape index (κ3) is 5.92. The van der Waals surface area contributed by atoms with E-state index in [9.17, 15) is 22.8 Å². The highest BCUT2D eigenvalue weighted by atomic mass is 35.5. The van der Waals surface area contributed by atoms with Crippen molar-refractivity contribution in [2.24, 2.45) is 0 Å². The van der Waals surface area contributed by atoms with E-state index in [2.05, 4.69) is 10.4 Å². The monoisotopic (exact) mass is 478 g/mol. The Morgan fingerprint density at radius 2 is 1.76 bits per heavy atom. The summed E-state index contributed by atoms with van der Waals surface area (Å²) in [5.74, 6) is -1.39. The lowest BCUT2D eigenvalue weighted by molar-refractivity contribution is -0.123. The molecule has 3 rings (SSSR count). The molecule has 0 spiro atoms. The van der Waals surface area contributed by atoms with Crippen LogP contribution in [-0.4, -0.2) is 34.3 Å². The molecular formula is C23H22ClF3N4O2. The molecule has 0 aliphatic rings. The van der Waals surface area contributed by atoms with E-state index in [0.29, 0.717) is 27.5 Å². The highest BCUT2D eigenvalue weighted by molar-refractivity contribution is 6.30. The molecule has 6 nitrogen and oxygen atoms in total. The van der Waals surface area contributed by atoms with Crippen LogP contribution in [0.25, 0.3) is 5.69 Å².